The Hall–Kier alpha value is -0.350. The van der Waals surface area contributed by atoms with Gasteiger partial charge in [0, 0.05) is 0 Å². The van der Waals surface area contributed by atoms with Gasteiger partial charge in [0.2, 0.25) is 0 Å². The Kier molecular flexibility index (Phi) is 5.99. The Balaban J connectivity index is 4.09. The average Bonchev–Trinajstić information content (AvgIpc) is 2.02. The molecule has 0 aliphatic heterocycles. The van der Waals surface area contributed by atoms with E-state index in [1.165, 1.54) is 0 Å². The second kappa shape index (κ2) is 6.16. The van der Waals surface area contributed by atoms with E-state index in [4.69, 9.17) is 0 Å². The summed E-state index contributed by atoms with van der Waals surface area (Å²) in [4.78, 5) is 0. The molecule has 0 saturated heterocycles. The fraction of sp³-hybridized carbons (Fsp3) is 0.778. The molecule has 3 nitrogen and oxygen atoms in total. The smallest absolute Gasteiger partial charge is 0.267 e. The summed E-state index contributed by atoms with van der Waals surface area (Å²) >= 11 is 0. The highest BCUT2D eigenvalue weighted by Gasteiger charge is 2.04. The summed E-state index contributed by atoms with van der Waals surface area (Å²) in [6.45, 7) is 5.90. The topological polar surface area (TPSA) is 43.4 Å². The second-order valence-corrected chi connectivity index (χ2v) is 4.49. The monoisotopic (exact) mass is 206 g/mol. The minimum absolute atomic E-state index is 0.189. The minimum atomic E-state index is -3.43. The summed E-state index contributed by atoms with van der Waals surface area (Å²) in [5, 5.41) is 1.15. The third-order valence-electron chi connectivity index (χ3n) is 1.60. The van der Waals surface area contributed by atoms with Crippen molar-refractivity contribution in [3.05, 3.63) is 11.5 Å². The first-order valence-electron chi connectivity index (χ1n) is 4.59. The summed E-state index contributed by atoms with van der Waals surface area (Å²) in [5.41, 5.74) is 0. The van der Waals surface area contributed by atoms with E-state index in [2.05, 4.69) is 11.1 Å². The highest BCUT2D eigenvalue weighted by Crippen LogP contribution is 2.08. The summed E-state index contributed by atoms with van der Waals surface area (Å²) in [7, 11) is -3.43. The van der Waals surface area contributed by atoms with Crippen LogP contribution < -0.4 is 0 Å². The van der Waals surface area contributed by atoms with Gasteiger partial charge in [-0.15, -0.1) is 0 Å². The first-order valence-corrected chi connectivity index (χ1v) is 6.06. The summed E-state index contributed by atoms with van der Waals surface area (Å²) in [6.07, 6.45) is 3.73. The Morgan fingerprint density at radius 3 is 2.46 bits per heavy atom. The van der Waals surface area contributed by atoms with Gasteiger partial charge in [0.05, 0.1) is 12.0 Å². The highest BCUT2D eigenvalue weighted by atomic mass is 32.2. The summed E-state index contributed by atoms with van der Waals surface area (Å²) < 4.78 is 26.6. The number of allylic oxidation sites excluding steroid dienone is 1. The first kappa shape index (κ1) is 12.7. The predicted molar refractivity (Wildman–Crippen MR) is 53.8 cm³/mol. The van der Waals surface area contributed by atoms with Crippen LogP contribution in [-0.2, 0) is 14.3 Å². The van der Waals surface area contributed by atoms with Gasteiger partial charge < -0.3 is 0 Å². The molecular formula is C9H18O3S. The largest absolute Gasteiger partial charge is 0.289 e. The van der Waals surface area contributed by atoms with Gasteiger partial charge >= 0.3 is 0 Å². The fourth-order valence-electron chi connectivity index (χ4n) is 0.985. The van der Waals surface area contributed by atoms with E-state index in [1.807, 2.05) is 6.92 Å². The van der Waals surface area contributed by atoms with Crippen molar-refractivity contribution in [1.82, 2.24) is 0 Å². The van der Waals surface area contributed by atoms with Gasteiger partial charge in [-0.1, -0.05) is 26.3 Å². The third-order valence-corrected chi connectivity index (χ3v) is 2.65. The van der Waals surface area contributed by atoms with Gasteiger partial charge in [0.25, 0.3) is 10.1 Å². The van der Waals surface area contributed by atoms with Crippen molar-refractivity contribution in [2.45, 2.75) is 33.6 Å². The molecule has 0 aliphatic carbocycles. The number of hydrogen-bond donors (Lipinski definition) is 0. The molecule has 13 heavy (non-hydrogen) atoms. The Morgan fingerprint density at radius 2 is 2.00 bits per heavy atom. The summed E-state index contributed by atoms with van der Waals surface area (Å²) in [5.74, 6) is 0.292. The van der Waals surface area contributed by atoms with Crippen LogP contribution in [0.4, 0.5) is 0 Å². The maximum absolute atomic E-state index is 11.0. The lowest BCUT2D eigenvalue weighted by Gasteiger charge is -2.02. The molecule has 1 unspecified atom stereocenters. The van der Waals surface area contributed by atoms with Gasteiger partial charge in [-0.25, -0.2) is 0 Å². The van der Waals surface area contributed by atoms with Crippen LogP contribution in [0.25, 0.3) is 0 Å². The fourth-order valence-corrected chi connectivity index (χ4v) is 1.85. The Labute approximate surface area is 80.9 Å². The highest BCUT2D eigenvalue weighted by molar-refractivity contribution is 7.89. The summed E-state index contributed by atoms with van der Waals surface area (Å²) in [6, 6.07) is 0. The second-order valence-electron chi connectivity index (χ2n) is 2.99. The first-order chi connectivity index (χ1) is 6.02. The number of hydrogen-bond acceptors (Lipinski definition) is 3. The lowest BCUT2D eigenvalue weighted by Crippen LogP contribution is -2.01. The molecule has 0 aliphatic rings. The molecule has 0 rings (SSSR count). The van der Waals surface area contributed by atoms with Gasteiger partial charge in [-0.05, 0) is 19.3 Å². The molecule has 0 fully saturated rings. The molecular weight excluding hydrogens is 188 g/mol. The van der Waals surface area contributed by atoms with Crippen LogP contribution in [0, 0.1) is 5.92 Å². The minimum Gasteiger partial charge on any atom is -0.267 e. The molecule has 1 atom stereocenters. The van der Waals surface area contributed by atoms with Crippen molar-refractivity contribution in [3.63, 3.8) is 0 Å². The number of rotatable bonds is 6. The van der Waals surface area contributed by atoms with Crippen molar-refractivity contribution in [2.24, 2.45) is 5.92 Å². The van der Waals surface area contributed by atoms with Crippen LogP contribution in [0.1, 0.15) is 33.6 Å². The standard InChI is InChI=1S/C9H18O3S/c1-4-6-9(3)7-8-13(10,11)12-5-2/h7-9H,4-6H2,1-3H3/b8-7+. The zero-order chi connectivity index (χ0) is 10.3. The Morgan fingerprint density at radius 1 is 1.38 bits per heavy atom. The molecule has 0 aromatic heterocycles. The van der Waals surface area contributed by atoms with Crippen molar-refractivity contribution in [2.75, 3.05) is 6.61 Å². The molecule has 0 aromatic carbocycles. The van der Waals surface area contributed by atoms with Crippen LogP contribution in [0.2, 0.25) is 0 Å². The van der Waals surface area contributed by atoms with Crippen LogP contribution in [0.3, 0.4) is 0 Å². The van der Waals surface area contributed by atoms with Gasteiger partial charge in [-0.3, -0.25) is 4.18 Å². The van der Waals surface area contributed by atoms with Crippen LogP contribution >= 0.6 is 0 Å². The molecule has 0 spiro atoms. The van der Waals surface area contributed by atoms with Crippen LogP contribution in [0.5, 0.6) is 0 Å². The lowest BCUT2D eigenvalue weighted by molar-refractivity contribution is 0.344. The van der Waals surface area contributed by atoms with E-state index < -0.39 is 10.1 Å². The maximum atomic E-state index is 11.0. The zero-order valence-electron chi connectivity index (χ0n) is 8.49. The van der Waals surface area contributed by atoms with Gasteiger partial charge in [-0.2, -0.15) is 8.42 Å². The van der Waals surface area contributed by atoms with Crippen LogP contribution in [-0.4, -0.2) is 15.0 Å². The molecule has 4 heteroatoms. The lowest BCUT2D eigenvalue weighted by atomic mass is 10.1. The molecule has 0 N–H and O–H groups in total. The van der Waals surface area contributed by atoms with E-state index in [-0.39, 0.29) is 6.61 Å². The molecule has 78 valence electrons. The van der Waals surface area contributed by atoms with E-state index in [0.29, 0.717) is 5.92 Å². The molecule has 0 amide bonds. The van der Waals surface area contributed by atoms with E-state index in [0.717, 1.165) is 18.2 Å². The maximum Gasteiger partial charge on any atom is 0.289 e. The zero-order valence-corrected chi connectivity index (χ0v) is 9.30. The molecule has 0 bridgehead atoms. The SMILES string of the molecule is CCCC(C)/C=C/S(=O)(=O)OCC. The van der Waals surface area contributed by atoms with E-state index >= 15 is 0 Å². The van der Waals surface area contributed by atoms with Gasteiger partial charge in [0.15, 0.2) is 0 Å². The molecule has 0 radical (unpaired) electrons. The van der Waals surface area contributed by atoms with Crippen molar-refractivity contribution in [1.29, 1.82) is 0 Å². The normalized spacial score (nSPS) is 15.0. The molecule has 0 saturated carbocycles. The van der Waals surface area contributed by atoms with Crippen molar-refractivity contribution >= 4 is 10.1 Å². The third kappa shape index (κ3) is 6.78. The molecule has 0 heterocycles. The molecule has 0 aromatic rings. The van der Waals surface area contributed by atoms with E-state index in [1.54, 1.807) is 13.0 Å². The average molecular weight is 206 g/mol. The van der Waals surface area contributed by atoms with Crippen LogP contribution in [0.15, 0.2) is 11.5 Å². The Bertz CT molecular complexity index is 242. The van der Waals surface area contributed by atoms with Crippen molar-refractivity contribution < 1.29 is 12.6 Å². The predicted octanol–water partition coefficient (Wildman–Crippen LogP) is 2.30. The van der Waals surface area contributed by atoms with E-state index in [9.17, 15) is 8.42 Å². The van der Waals surface area contributed by atoms with Crippen molar-refractivity contribution in [3.8, 4) is 0 Å². The quantitative estimate of drug-likeness (QED) is 0.626. The van der Waals surface area contributed by atoms with Gasteiger partial charge in [0.1, 0.15) is 0 Å².